The number of para-hydroxylation sites is 1. The van der Waals surface area contributed by atoms with Crippen LogP contribution in [0.2, 0.25) is 0 Å². The Balaban J connectivity index is 2.33. The van der Waals surface area contributed by atoms with E-state index < -0.39 is 15.4 Å². The van der Waals surface area contributed by atoms with E-state index in [-0.39, 0.29) is 0 Å². The minimum absolute atomic E-state index is 0.453. The van der Waals surface area contributed by atoms with Crippen LogP contribution in [0.5, 0.6) is 0 Å². The largest absolute Gasteiger partial charge is 0.367 e. The van der Waals surface area contributed by atoms with E-state index in [1.54, 1.807) is 0 Å². The summed E-state index contributed by atoms with van der Waals surface area (Å²) in [4.78, 5) is 0. The molecule has 13 heavy (non-hydrogen) atoms. The Labute approximate surface area is 76.8 Å². The van der Waals surface area contributed by atoms with Crippen LogP contribution in [0.25, 0.3) is 0 Å². The summed E-state index contributed by atoms with van der Waals surface area (Å²) in [7, 11) is -3.48. The van der Waals surface area contributed by atoms with Crippen LogP contribution in [0.3, 0.4) is 0 Å². The predicted octanol–water partition coefficient (Wildman–Crippen LogP) is 0.269. The van der Waals surface area contributed by atoms with Crippen molar-refractivity contribution >= 4 is 15.7 Å². The summed E-state index contributed by atoms with van der Waals surface area (Å²) in [6, 6.07) is 7.48. The first-order valence-corrected chi connectivity index (χ1v) is 5.54. The van der Waals surface area contributed by atoms with Gasteiger partial charge in [-0.2, -0.15) is 0 Å². The number of hydrogen-bond acceptors (Lipinski definition) is 3. The molecule has 0 spiro atoms. The van der Waals surface area contributed by atoms with Gasteiger partial charge >= 0.3 is 0 Å². The van der Waals surface area contributed by atoms with Gasteiger partial charge in [-0.05, 0) is 11.6 Å². The Bertz CT molecular complexity index is 403. The highest BCUT2D eigenvalue weighted by Crippen LogP contribution is 2.26. The number of fused-ring (bicyclic) bond motifs is 1. The smallest absolute Gasteiger partial charge is 0.230 e. The van der Waals surface area contributed by atoms with Gasteiger partial charge in [-0.25, -0.2) is 13.6 Å². The second-order valence-electron chi connectivity index (χ2n) is 3.08. The SMILES string of the molecule is NS(=O)(=O)C1Cc2ccccc2N1. The molecule has 70 valence electrons. The number of nitrogens with two attached hydrogens (primary N) is 1. The lowest BCUT2D eigenvalue weighted by atomic mass is 10.2. The standard InChI is InChI=1S/C8H10N2O2S/c9-13(11,12)8-5-6-3-1-2-4-7(6)10-8/h1-4,8,10H,5H2,(H2,9,11,12). The van der Waals surface area contributed by atoms with Crippen LogP contribution in [-0.2, 0) is 16.4 Å². The molecule has 0 fully saturated rings. The van der Waals surface area contributed by atoms with Crippen molar-refractivity contribution in [1.29, 1.82) is 0 Å². The first kappa shape index (κ1) is 8.52. The number of benzene rings is 1. The molecular weight excluding hydrogens is 188 g/mol. The van der Waals surface area contributed by atoms with Gasteiger partial charge in [-0.15, -0.1) is 0 Å². The summed E-state index contributed by atoms with van der Waals surface area (Å²) >= 11 is 0. The molecule has 1 unspecified atom stereocenters. The van der Waals surface area contributed by atoms with Gasteiger partial charge in [-0.3, -0.25) is 0 Å². The molecule has 0 amide bonds. The van der Waals surface area contributed by atoms with Crippen molar-refractivity contribution in [2.45, 2.75) is 11.8 Å². The van der Waals surface area contributed by atoms with Crippen molar-refractivity contribution in [1.82, 2.24) is 0 Å². The van der Waals surface area contributed by atoms with E-state index in [0.29, 0.717) is 6.42 Å². The van der Waals surface area contributed by atoms with Gasteiger partial charge in [0.05, 0.1) is 0 Å². The molecule has 0 saturated carbocycles. The maximum absolute atomic E-state index is 11.0. The van der Waals surface area contributed by atoms with Gasteiger partial charge < -0.3 is 5.32 Å². The molecule has 0 bridgehead atoms. The van der Waals surface area contributed by atoms with Crippen LogP contribution in [0, 0.1) is 0 Å². The Morgan fingerprint density at radius 1 is 1.38 bits per heavy atom. The molecule has 0 saturated heterocycles. The van der Waals surface area contributed by atoms with E-state index in [1.165, 1.54) is 0 Å². The lowest BCUT2D eigenvalue weighted by Gasteiger charge is -2.06. The second-order valence-corrected chi connectivity index (χ2v) is 4.83. The van der Waals surface area contributed by atoms with Gasteiger partial charge in [0.1, 0.15) is 5.37 Å². The van der Waals surface area contributed by atoms with Gasteiger partial charge in [0.15, 0.2) is 0 Å². The van der Waals surface area contributed by atoms with E-state index in [1.807, 2.05) is 24.3 Å². The number of sulfonamides is 1. The molecular formula is C8H10N2O2S. The minimum atomic E-state index is -3.48. The summed E-state index contributed by atoms with van der Waals surface area (Å²) < 4.78 is 22.0. The first-order chi connectivity index (χ1) is 6.07. The molecule has 0 radical (unpaired) electrons. The van der Waals surface area contributed by atoms with Crippen molar-refractivity contribution < 1.29 is 8.42 Å². The fourth-order valence-corrected chi connectivity index (χ4v) is 2.16. The van der Waals surface area contributed by atoms with Gasteiger partial charge in [0, 0.05) is 12.1 Å². The average Bonchev–Trinajstić information content (AvgIpc) is 2.45. The molecule has 1 aliphatic heterocycles. The van der Waals surface area contributed by atoms with E-state index in [2.05, 4.69) is 5.32 Å². The highest BCUT2D eigenvalue weighted by atomic mass is 32.2. The fourth-order valence-electron chi connectivity index (χ4n) is 1.46. The van der Waals surface area contributed by atoms with Gasteiger partial charge in [0.25, 0.3) is 0 Å². The number of hydrogen-bond donors (Lipinski definition) is 2. The zero-order chi connectivity index (χ0) is 9.47. The number of rotatable bonds is 1. The van der Waals surface area contributed by atoms with E-state index in [0.717, 1.165) is 11.3 Å². The monoisotopic (exact) mass is 198 g/mol. The van der Waals surface area contributed by atoms with Crippen LogP contribution in [-0.4, -0.2) is 13.8 Å². The van der Waals surface area contributed by atoms with E-state index in [4.69, 9.17) is 5.14 Å². The van der Waals surface area contributed by atoms with Crippen molar-refractivity contribution in [2.75, 3.05) is 5.32 Å². The Morgan fingerprint density at radius 3 is 2.69 bits per heavy atom. The van der Waals surface area contributed by atoms with Gasteiger partial charge in [-0.1, -0.05) is 18.2 Å². The molecule has 4 nitrogen and oxygen atoms in total. The first-order valence-electron chi connectivity index (χ1n) is 3.93. The maximum atomic E-state index is 11.0. The molecule has 1 atom stereocenters. The Kier molecular flexibility index (Phi) is 1.78. The molecule has 1 aromatic rings. The molecule has 1 heterocycles. The lowest BCUT2D eigenvalue weighted by Crippen LogP contribution is -2.33. The predicted molar refractivity (Wildman–Crippen MR) is 50.7 cm³/mol. The third-order valence-corrected chi connectivity index (χ3v) is 3.21. The highest BCUT2D eigenvalue weighted by molar-refractivity contribution is 7.89. The zero-order valence-corrected chi connectivity index (χ0v) is 7.71. The molecule has 0 aliphatic carbocycles. The summed E-state index contributed by atoms with van der Waals surface area (Å²) in [5.74, 6) is 0. The average molecular weight is 198 g/mol. The number of nitrogens with one attached hydrogen (secondary N) is 1. The minimum Gasteiger partial charge on any atom is -0.367 e. The zero-order valence-electron chi connectivity index (χ0n) is 6.90. The summed E-state index contributed by atoms with van der Waals surface area (Å²) in [5, 5.41) is 7.23. The molecule has 0 aromatic heterocycles. The fraction of sp³-hybridized carbons (Fsp3) is 0.250. The van der Waals surface area contributed by atoms with Crippen LogP contribution in [0.1, 0.15) is 5.56 Å². The normalized spacial score (nSPS) is 20.8. The van der Waals surface area contributed by atoms with E-state index >= 15 is 0 Å². The quantitative estimate of drug-likeness (QED) is 0.680. The summed E-state index contributed by atoms with van der Waals surface area (Å²) in [6.07, 6.45) is 0.453. The van der Waals surface area contributed by atoms with Crippen LogP contribution in [0.15, 0.2) is 24.3 Å². The van der Waals surface area contributed by atoms with Crippen molar-refractivity contribution in [3.63, 3.8) is 0 Å². The summed E-state index contributed by atoms with van der Waals surface area (Å²) in [5.41, 5.74) is 1.86. The second kappa shape index (κ2) is 2.71. The number of anilines is 1. The molecule has 1 aliphatic rings. The highest BCUT2D eigenvalue weighted by Gasteiger charge is 2.28. The number of primary sulfonamides is 1. The topological polar surface area (TPSA) is 72.2 Å². The lowest BCUT2D eigenvalue weighted by molar-refractivity contribution is 0.588. The third kappa shape index (κ3) is 1.52. The van der Waals surface area contributed by atoms with Crippen LogP contribution in [0.4, 0.5) is 5.69 Å². The molecule has 3 N–H and O–H groups in total. The Morgan fingerprint density at radius 2 is 2.08 bits per heavy atom. The van der Waals surface area contributed by atoms with Gasteiger partial charge in [0.2, 0.25) is 10.0 Å². The molecule has 2 rings (SSSR count). The van der Waals surface area contributed by atoms with Crippen LogP contribution < -0.4 is 10.5 Å². The van der Waals surface area contributed by atoms with Crippen molar-refractivity contribution in [2.24, 2.45) is 5.14 Å². The molecule has 1 aromatic carbocycles. The third-order valence-electron chi connectivity index (χ3n) is 2.14. The molecule has 5 heteroatoms. The maximum Gasteiger partial charge on any atom is 0.230 e. The van der Waals surface area contributed by atoms with E-state index in [9.17, 15) is 8.42 Å². The van der Waals surface area contributed by atoms with Crippen LogP contribution >= 0.6 is 0 Å². The van der Waals surface area contributed by atoms with Crippen molar-refractivity contribution in [3.8, 4) is 0 Å². The van der Waals surface area contributed by atoms with Crippen molar-refractivity contribution in [3.05, 3.63) is 29.8 Å². The Hall–Kier alpha value is -1.07. The summed E-state index contributed by atoms with van der Waals surface area (Å²) in [6.45, 7) is 0.